The molecule has 2 amide bonds. The minimum Gasteiger partial charge on any atom is -0.342 e. The van der Waals surface area contributed by atoms with Gasteiger partial charge in [0, 0.05) is 26.6 Å². The van der Waals surface area contributed by atoms with Crippen molar-refractivity contribution in [2.45, 2.75) is 78.9 Å². The third-order valence-electron chi connectivity index (χ3n) is 6.96. The Morgan fingerprint density at radius 1 is 0.946 bits per heavy atom. The van der Waals surface area contributed by atoms with Crippen molar-refractivity contribution in [2.24, 2.45) is 11.3 Å². The fraction of sp³-hybridized carbons (Fsp3) is 0.643. The van der Waals surface area contributed by atoms with Gasteiger partial charge in [0.2, 0.25) is 21.8 Å². The van der Waals surface area contributed by atoms with E-state index in [1.807, 2.05) is 78.8 Å². The molecule has 0 bridgehead atoms. The molecule has 1 rings (SSSR count). The summed E-state index contributed by atoms with van der Waals surface area (Å²) < 4.78 is 26.4. The van der Waals surface area contributed by atoms with Gasteiger partial charge in [-0.15, -0.1) is 0 Å². The van der Waals surface area contributed by atoms with Crippen LogP contribution in [0.15, 0.2) is 41.3 Å². The largest absolute Gasteiger partial charge is 0.342 e. The molecule has 0 aromatic heterocycles. The highest BCUT2D eigenvalue weighted by Crippen LogP contribution is 2.29. The van der Waals surface area contributed by atoms with Crippen LogP contribution in [-0.4, -0.2) is 75.8 Å². The molecular formula is C28H48N4O4S. The van der Waals surface area contributed by atoms with Crippen LogP contribution in [0, 0.1) is 11.3 Å². The normalized spacial score (nSPS) is 15.9. The predicted molar refractivity (Wildman–Crippen MR) is 151 cm³/mol. The first-order valence-corrected chi connectivity index (χ1v) is 14.1. The van der Waals surface area contributed by atoms with Crippen molar-refractivity contribution < 1.29 is 18.0 Å². The van der Waals surface area contributed by atoms with Crippen LogP contribution in [-0.2, 0) is 25.0 Å². The Morgan fingerprint density at radius 2 is 1.46 bits per heavy atom. The topological polar surface area (TPSA) is 98.8 Å². The third kappa shape index (κ3) is 7.88. The first-order valence-electron chi connectivity index (χ1n) is 12.7. The summed E-state index contributed by atoms with van der Waals surface area (Å²) in [5, 5.41) is 6.16. The van der Waals surface area contributed by atoms with Crippen LogP contribution in [0.4, 0.5) is 0 Å². The number of carbonyl (C=O) groups is 2. The summed E-state index contributed by atoms with van der Waals surface area (Å²) in [6.45, 7) is 15.1. The van der Waals surface area contributed by atoms with Crippen molar-refractivity contribution in [3.05, 3.63) is 46.9 Å². The summed E-state index contributed by atoms with van der Waals surface area (Å²) in [5.41, 5.74) is -0.132. The van der Waals surface area contributed by atoms with Crippen LogP contribution in [0.5, 0.6) is 0 Å². The second-order valence-electron chi connectivity index (χ2n) is 11.9. The molecule has 37 heavy (non-hydrogen) atoms. The summed E-state index contributed by atoms with van der Waals surface area (Å²) in [4.78, 5) is 29.2. The van der Waals surface area contributed by atoms with E-state index >= 15 is 0 Å². The van der Waals surface area contributed by atoms with Gasteiger partial charge >= 0.3 is 0 Å². The Bertz CT molecular complexity index is 1060. The van der Waals surface area contributed by atoms with Gasteiger partial charge in [-0.25, -0.2) is 12.7 Å². The summed E-state index contributed by atoms with van der Waals surface area (Å²) in [6.07, 6.45) is 1.62. The zero-order valence-electron chi connectivity index (χ0n) is 24.7. The van der Waals surface area contributed by atoms with Gasteiger partial charge in [-0.3, -0.25) is 9.59 Å². The second-order valence-corrected chi connectivity index (χ2v) is 14.2. The number of sulfonamides is 1. The monoisotopic (exact) mass is 536 g/mol. The molecule has 3 atom stereocenters. The van der Waals surface area contributed by atoms with Crippen LogP contribution in [0.2, 0.25) is 0 Å². The van der Waals surface area contributed by atoms with Gasteiger partial charge in [-0.2, -0.15) is 0 Å². The molecule has 0 heterocycles. The number of nitrogens with one attached hydrogen (secondary N) is 2. The minimum atomic E-state index is -3.61. The molecule has 1 unspecified atom stereocenters. The number of hydrogen-bond donors (Lipinski definition) is 2. The lowest BCUT2D eigenvalue weighted by Gasteiger charge is -2.40. The Kier molecular flexibility index (Phi) is 11.1. The summed E-state index contributed by atoms with van der Waals surface area (Å²) >= 11 is 0. The first-order chi connectivity index (χ1) is 16.8. The maximum atomic E-state index is 13.9. The van der Waals surface area contributed by atoms with E-state index in [0.717, 1.165) is 9.87 Å². The summed E-state index contributed by atoms with van der Waals surface area (Å²) in [7, 11) is 2.74. The Balaban J connectivity index is 3.36. The van der Waals surface area contributed by atoms with E-state index < -0.39 is 39.0 Å². The first kappa shape index (κ1) is 32.8. The number of nitrogens with zero attached hydrogens (tertiary/aromatic N) is 2. The van der Waals surface area contributed by atoms with E-state index in [4.69, 9.17) is 0 Å². The smallest absolute Gasteiger partial charge is 0.245 e. The third-order valence-corrected chi connectivity index (χ3v) is 8.87. The van der Waals surface area contributed by atoms with Crippen molar-refractivity contribution in [1.82, 2.24) is 19.8 Å². The maximum absolute atomic E-state index is 13.9. The van der Waals surface area contributed by atoms with Gasteiger partial charge in [0.25, 0.3) is 0 Å². The number of allylic oxidation sites excluding steroid dienone is 1. The average molecular weight is 537 g/mol. The minimum absolute atomic E-state index is 0.0559. The van der Waals surface area contributed by atoms with E-state index in [1.165, 1.54) is 21.0 Å². The van der Waals surface area contributed by atoms with Gasteiger partial charge in [-0.1, -0.05) is 78.8 Å². The van der Waals surface area contributed by atoms with Gasteiger partial charge < -0.3 is 15.5 Å². The van der Waals surface area contributed by atoms with E-state index in [-0.39, 0.29) is 22.6 Å². The lowest BCUT2D eigenvalue weighted by Crippen LogP contribution is -2.61. The zero-order valence-corrected chi connectivity index (χ0v) is 25.5. The van der Waals surface area contributed by atoms with E-state index in [9.17, 15) is 18.0 Å². The molecule has 0 fully saturated rings. The van der Waals surface area contributed by atoms with Gasteiger partial charge in [0.15, 0.2) is 0 Å². The van der Waals surface area contributed by atoms with Crippen LogP contribution in [0.3, 0.4) is 0 Å². The number of hydrogen-bond acceptors (Lipinski definition) is 5. The molecule has 8 nitrogen and oxygen atoms in total. The van der Waals surface area contributed by atoms with Crippen LogP contribution in [0.25, 0.3) is 0 Å². The maximum Gasteiger partial charge on any atom is 0.245 e. The number of carbonyl (C=O) groups excluding carboxylic acids is 2. The second kappa shape index (κ2) is 12.5. The fourth-order valence-corrected chi connectivity index (χ4v) is 5.33. The molecule has 0 aliphatic heterocycles. The zero-order chi connectivity index (χ0) is 28.9. The molecule has 0 aliphatic carbocycles. The fourth-order valence-electron chi connectivity index (χ4n) is 4.44. The molecule has 0 radical (unpaired) electrons. The average Bonchev–Trinajstić information content (AvgIpc) is 2.79. The molecular weight excluding hydrogens is 488 g/mol. The number of rotatable bonds is 11. The molecule has 210 valence electrons. The molecule has 0 saturated heterocycles. The Morgan fingerprint density at radius 3 is 1.86 bits per heavy atom. The lowest BCUT2D eigenvalue weighted by atomic mass is 9.76. The van der Waals surface area contributed by atoms with E-state index in [1.54, 1.807) is 25.1 Å². The molecule has 2 N–H and O–H groups in total. The SMILES string of the molecule is CN[C@H](C(=O)NC(C(=O)N(C)[C@H](/C=C(\C)S(=O)(=O)N(C)C)C(C)C)C(C)(C)C)C(C)(C)c1ccccc1. The molecule has 0 spiro atoms. The highest BCUT2D eigenvalue weighted by molar-refractivity contribution is 7.92. The quantitative estimate of drug-likeness (QED) is 0.452. The van der Waals surface area contributed by atoms with E-state index in [2.05, 4.69) is 10.6 Å². The van der Waals surface area contributed by atoms with Crippen molar-refractivity contribution in [3.63, 3.8) is 0 Å². The highest BCUT2D eigenvalue weighted by atomic mass is 32.2. The van der Waals surface area contributed by atoms with Crippen LogP contribution in [0.1, 0.15) is 61.0 Å². The molecule has 9 heteroatoms. The van der Waals surface area contributed by atoms with Crippen molar-refractivity contribution in [2.75, 3.05) is 28.2 Å². The number of amides is 2. The standard InChI is InChI=1S/C28H48N4O4S/c1-19(2)22(18-20(3)37(35,36)31(10)11)32(12)26(34)24(27(4,5)6)30-25(33)23(29-9)28(7,8)21-16-14-13-15-17-21/h13-19,22-24,29H,1-12H3,(H,30,33)/b20-18+/t22-,23-,24?/m1/s1. The molecule has 1 aromatic carbocycles. The van der Waals surface area contributed by atoms with E-state index in [0.29, 0.717) is 0 Å². The molecule has 1 aromatic rings. The summed E-state index contributed by atoms with van der Waals surface area (Å²) in [5.74, 6) is -0.612. The van der Waals surface area contributed by atoms with Crippen molar-refractivity contribution in [3.8, 4) is 0 Å². The highest BCUT2D eigenvalue weighted by Gasteiger charge is 2.41. The molecule has 0 saturated carbocycles. The van der Waals surface area contributed by atoms with Crippen LogP contribution >= 0.6 is 0 Å². The number of benzene rings is 1. The van der Waals surface area contributed by atoms with Crippen LogP contribution < -0.4 is 10.6 Å². The predicted octanol–water partition coefficient (Wildman–Crippen LogP) is 3.36. The lowest BCUT2D eigenvalue weighted by molar-refractivity contribution is -0.140. The van der Waals surface area contributed by atoms with Crippen molar-refractivity contribution in [1.29, 1.82) is 0 Å². The van der Waals surface area contributed by atoms with Gasteiger partial charge in [0.1, 0.15) is 6.04 Å². The number of likely N-dealkylation sites (N-methyl/N-ethyl adjacent to an activating group) is 2. The molecule has 0 aliphatic rings. The summed E-state index contributed by atoms with van der Waals surface area (Å²) in [6, 6.07) is 7.89. The van der Waals surface area contributed by atoms with Gasteiger partial charge in [-0.05, 0) is 36.9 Å². The van der Waals surface area contributed by atoms with Crippen molar-refractivity contribution >= 4 is 21.8 Å². The van der Waals surface area contributed by atoms with Gasteiger partial charge in [0.05, 0.1) is 17.0 Å². The Hall–Kier alpha value is -2.23. The Labute approximate surface area is 224 Å².